The van der Waals surface area contributed by atoms with Gasteiger partial charge < -0.3 is 14.3 Å². The maximum atomic E-state index is 14.3. The lowest BCUT2D eigenvalue weighted by Crippen LogP contribution is -2.41. The number of aromatic nitrogens is 8. The Balaban J connectivity index is 1.41. The molecule has 0 fully saturated rings. The van der Waals surface area contributed by atoms with Crippen molar-refractivity contribution in [2.24, 2.45) is 7.05 Å². The van der Waals surface area contributed by atoms with Gasteiger partial charge in [-0.05, 0) is 18.2 Å². The fourth-order valence-corrected chi connectivity index (χ4v) is 4.01. The van der Waals surface area contributed by atoms with E-state index in [9.17, 15) is 9.18 Å². The van der Waals surface area contributed by atoms with Gasteiger partial charge in [0.25, 0.3) is 5.89 Å². The zero-order chi connectivity index (χ0) is 21.8. The first-order valence-corrected chi connectivity index (χ1v) is 9.88. The molecule has 0 aromatic carbocycles. The highest BCUT2D eigenvalue weighted by Crippen LogP contribution is 2.34. The number of hydrogen-bond donors (Lipinski definition) is 1. The number of aromatic amines is 1. The van der Waals surface area contributed by atoms with E-state index in [4.69, 9.17) is 4.42 Å². The van der Waals surface area contributed by atoms with E-state index in [0.29, 0.717) is 35.4 Å². The summed E-state index contributed by atoms with van der Waals surface area (Å²) in [6.07, 6.45) is 7.10. The number of fused-ring (bicyclic) bond motifs is 2. The summed E-state index contributed by atoms with van der Waals surface area (Å²) in [6.45, 7) is 0.375. The number of aryl methyl sites for hydroxylation is 1. The van der Waals surface area contributed by atoms with E-state index in [-0.39, 0.29) is 11.8 Å². The van der Waals surface area contributed by atoms with E-state index >= 15 is 0 Å². The SMILES string of the molecule is Cn1cc(-c2nnc(C(=O)N3CCc4[nH]cnc4[C@H]3c3cc4c(F)cccn4n3)o2)cn1. The van der Waals surface area contributed by atoms with Gasteiger partial charge in [0, 0.05) is 38.1 Å². The lowest BCUT2D eigenvalue weighted by molar-refractivity contribution is 0.0646. The minimum absolute atomic E-state index is 0.150. The maximum Gasteiger partial charge on any atom is 0.312 e. The lowest BCUT2D eigenvalue weighted by Gasteiger charge is -2.32. The van der Waals surface area contributed by atoms with E-state index in [0.717, 1.165) is 5.69 Å². The Morgan fingerprint density at radius 2 is 2.25 bits per heavy atom. The summed E-state index contributed by atoms with van der Waals surface area (Å²) in [7, 11) is 1.77. The zero-order valence-corrected chi connectivity index (χ0v) is 16.8. The molecule has 0 aliphatic carbocycles. The Morgan fingerprint density at radius 3 is 3.06 bits per heavy atom. The van der Waals surface area contributed by atoms with Crippen LogP contribution < -0.4 is 0 Å². The molecule has 160 valence electrons. The fraction of sp³-hybridized carbons (Fsp3) is 0.200. The van der Waals surface area contributed by atoms with Crippen LogP contribution >= 0.6 is 0 Å². The van der Waals surface area contributed by atoms with Crippen molar-refractivity contribution < 1.29 is 13.6 Å². The second-order valence-corrected chi connectivity index (χ2v) is 7.49. The smallest absolute Gasteiger partial charge is 0.312 e. The minimum atomic E-state index is -0.634. The summed E-state index contributed by atoms with van der Waals surface area (Å²) in [4.78, 5) is 22.5. The summed E-state index contributed by atoms with van der Waals surface area (Å²) in [5.41, 5.74) is 2.97. The van der Waals surface area contributed by atoms with Crippen LogP contribution in [0.1, 0.15) is 33.8 Å². The van der Waals surface area contributed by atoms with E-state index in [1.165, 1.54) is 10.6 Å². The van der Waals surface area contributed by atoms with Gasteiger partial charge in [0.15, 0.2) is 0 Å². The molecule has 0 unspecified atom stereocenters. The molecular weight excluding hydrogens is 417 g/mol. The van der Waals surface area contributed by atoms with Crippen LogP contribution in [0.5, 0.6) is 0 Å². The summed E-state index contributed by atoms with van der Waals surface area (Å²) in [6, 6.07) is 3.92. The summed E-state index contributed by atoms with van der Waals surface area (Å²) < 4.78 is 23.0. The van der Waals surface area contributed by atoms with Crippen molar-refractivity contribution in [2.75, 3.05) is 6.54 Å². The molecule has 5 aromatic rings. The van der Waals surface area contributed by atoms with Crippen LogP contribution in [0.4, 0.5) is 4.39 Å². The highest BCUT2D eigenvalue weighted by atomic mass is 19.1. The molecule has 0 bridgehead atoms. The zero-order valence-electron chi connectivity index (χ0n) is 16.8. The van der Waals surface area contributed by atoms with Crippen molar-refractivity contribution in [2.45, 2.75) is 12.5 Å². The third-order valence-corrected chi connectivity index (χ3v) is 5.49. The Morgan fingerprint density at radius 1 is 1.34 bits per heavy atom. The molecule has 1 atom stereocenters. The van der Waals surface area contributed by atoms with Crippen LogP contribution in [-0.4, -0.2) is 56.9 Å². The number of carbonyl (C=O) groups is 1. The van der Waals surface area contributed by atoms with Gasteiger partial charge in [0.2, 0.25) is 0 Å². The van der Waals surface area contributed by atoms with Crippen molar-refractivity contribution in [1.82, 2.24) is 44.5 Å². The number of nitrogens with one attached hydrogen (secondary N) is 1. The molecule has 0 saturated heterocycles. The van der Waals surface area contributed by atoms with Gasteiger partial charge in [-0.2, -0.15) is 10.2 Å². The normalized spacial score (nSPS) is 15.9. The van der Waals surface area contributed by atoms with E-state index in [1.807, 2.05) is 0 Å². The molecular formula is C20H16FN9O2. The summed E-state index contributed by atoms with van der Waals surface area (Å²) >= 11 is 0. The van der Waals surface area contributed by atoms with Crippen molar-refractivity contribution >= 4 is 11.4 Å². The molecule has 1 aliphatic rings. The van der Waals surface area contributed by atoms with E-state index in [1.54, 1.807) is 53.7 Å². The Bertz CT molecular complexity index is 1460. The minimum Gasteiger partial charge on any atom is -0.412 e. The number of rotatable bonds is 3. The number of amides is 1. The quantitative estimate of drug-likeness (QED) is 0.460. The molecule has 12 heteroatoms. The Kier molecular flexibility index (Phi) is 3.93. The monoisotopic (exact) mass is 433 g/mol. The average Bonchev–Trinajstić information content (AvgIpc) is 3.57. The predicted octanol–water partition coefficient (Wildman–Crippen LogP) is 1.77. The number of pyridine rings is 1. The molecule has 0 saturated carbocycles. The van der Waals surface area contributed by atoms with Crippen molar-refractivity contribution in [3.63, 3.8) is 0 Å². The van der Waals surface area contributed by atoms with Crippen LogP contribution in [0.2, 0.25) is 0 Å². The van der Waals surface area contributed by atoms with Crippen LogP contribution in [0.15, 0.2) is 47.5 Å². The van der Waals surface area contributed by atoms with Crippen molar-refractivity contribution in [1.29, 1.82) is 0 Å². The topological polar surface area (TPSA) is 123 Å². The summed E-state index contributed by atoms with van der Waals surface area (Å²) in [5, 5.41) is 16.5. The number of nitrogens with zero attached hydrogens (tertiary/aromatic N) is 8. The molecule has 1 aliphatic heterocycles. The molecule has 1 amide bonds. The van der Waals surface area contributed by atoms with Crippen LogP contribution in [0.3, 0.4) is 0 Å². The molecule has 6 heterocycles. The fourth-order valence-electron chi connectivity index (χ4n) is 4.01. The standard InChI is InChI=1S/C20H16FN9O2/c1-28-9-11(8-24-28)18-25-26-19(32-18)20(31)29-6-4-13-16(23-10-22-13)17(29)14-7-15-12(21)3-2-5-30(15)27-14/h2-3,5,7-10,17H,4,6H2,1H3,(H,22,23)/t17-/m1/s1. The average molecular weight is 433 g/mol. The van der Waals surface area contributed by atoms with Gasteiger partial charge >= 0.3 is 11.8 Å². The molecule has 0 spiro atoms. The third kappa shape index (κ3) is 2.80. The second kappa shape index (κ2) is 6.83. The molecule has 0 radical (unpaired) electrons. The number of carbonyl (C=O) groups excluding carboxylic acids is 1. The summed E-state index contributed by atoms with van der Waals surface area (Å²) in [5.74, 6) is -0.808. The van der Waals surface area contributed by atoms with Crippen LogP contribution in [0, 0.1) is 5.82 Å². The van der Waals surface area contributed by atoms with Gasteiger partial charge in [-0.1, -0.05) is 0 Å². The number of H-pyrrole nitrogens is 1. The van der Waals surface area contributed by atoms with Crippen LogP contribution in [0.25, 0.3) is 17.0 Å². The first kappa shape index (κ1) is 18.4. The van der Waals surface area contributed by atoms with Crippen molar-refractivity contribution in [3.8, 4) is 11.5 Å². The lowest BCUT2D eigenvalue weighted by atomic mass is 9.99. The third-order valence-electron chi connectivity index (χ3n) is 5.49. The largest absolute Gasteiger partial charge is 0.412 e. The number of hydrogen-bond acceptors (Lipinski definition) is 7. The molecule has 32 heavy (non-hydrogen) atoms. The highest BCUT2D eigenvalue weighted by molar-refractivity contribution is 5.90. The van der Waals surface area contributed by atoms with Crippen molar-refractivity contribution in [3.05, 3.63) is 71.9 Å². The molecule has 6 rings (SSSR count). The van der Waals surface area contributed by atoms with E-state index < -0.39 is 17.8 Å². The molecule has 1 N–H and O–H groups in total. The highest BCUT2D eigenvalue weighted by Gasteiger charge is 2.38. The number of halogens is 1. The van der Waals surface area contributed by atoms with Crippen LogP contribution in [-0.2, 0) is 13.5 Å². The van der Waals surface area contributed by atoms with Gasteiger partial charge in [-0.15, -0.1) is 10.2 Å². The van der Waals surface area contributed by atoms with Gasteiger partial charge in [-0.25, -0.2) is 13.9 Å². The molecule has 11 nitrogen and oxygen atoms in total. The Labute approximate surface area is 179 Å². The van der Waals surface area contributed by atoms with E-state index in [2.05, 4.69) is 30.4 Å². The number of imidazole rings is 1. The predicted molar refractivity (Wildman–Crippen MR) is 107 cm³/mol. The Hall–Kier alpha value is -4.35. The molecule has 5 aromatic heterocycles. The second-order valence-electron chi connectivity index (χ2n) is 7.49. The first-order chi connectivity index (χ1) is 15.6. The maximum absolute atomic E-state index is 14.3. The first-order valence-electron chi connectivity index (χ1n) is 9.88. The van der Waals surface area contributed by atoms with Gasteiger partial charge in [0.05, 0.1) is 29.5 Å². The van der Waals surface area contributed by atoms with Gasteiger partial charge in [0.1, 0.15) is 17.4 Å². The van der Waals surface area contributed by atoms with Gasteiger partial charge in [-0.3, -0.25) is 9.48 Å².